The lowest BCUT2D eigenvalue weighted by Gasteiger charge is -2.22. The summed E-state index contributed by atoms with van der Waals surface area (Å²) in [6.45, 7) is 2.33. The van der Waals surface area contributed by atoms with Crippen LogP contribution in [0.25, 0.3) is 5.65 Å². The molecule has 1 fully saturated rings. The van der Waals surface area contributed by atoms with Crippen LogP contribution in [-0.2, 0) is 11.2 Å². The molecule has 1 unspecified atom stereocenters. The first-order valence-electron chi connectivity index (χ1n) is 6.95. The number of carbonyl (C=O) groups is 1. The quantitative estimate of drug-likeness (QED) is 0.831. The van der Waals surface area contributed by atoms with Gasteiger partial charge in [-0.25, -0.2) is 0 Å². The van der Waals surface area contributed by atoms with Crippen LogP contribution >= 0.6 is 0 Å². The SMILES string of the molecule is CC(N)(C(=O)NCCc1nnc2ccccn12)C1CC1. The monoisotopic (exact) mass is 273 g/mol. The van der Waals surface area contributed by atoms with Gasteiger partial charge >= 0.3 is 0 Å². The zero-order valence-corrected chi connectivity index (χ0v) is 11.5. The van der Waals surface area contributed by atoms with Crippen molar-refractivity contribution in [1.82, 2.24) is 19.9 Å². The molecule has 20 heavy (non-hydrogen) atoms. The normalized spacial score (nSPS) is 17.9. The molecule has 2 aromatic rings. The Morgan fingerprint density at radius 1 is 1.50 bits per heavy atom. The van der Waals surface area contributed by atoms with Gasteiger partial charge in [0.15, 0.2) is 5.65 Å². The van der Waals surface area contributed by atoms with Crippen LogP contribution in [0.4, 0.5) is 0 Å². The van der Waals surface area contributed by atoms with E-state index in [0.717, 1.165) is 24.3 Å². The highest BCUT2D eigenvalue weighted by atomic mass is 16.2. The second kappa shape index (κ2) is 4.86. The zero-order chi connectivity index (χ0) is 14.2. The number of rotatable bonds is 5. The van der Waals surface area contributed by atoms with E-state index in [0.29, 0.717) is 18.9 Å². The maximum absolute atomic E-state index is 12.1. The van der Waals surface area contributed by atoms with Crippen LogP contribution in [0.5, 0.6) is 0 Å². The number of hydrogen-bond acceptors (Lipinski definition) is 4. The Balaban J connectivity index is 1.59. The Morgan fingerprint density at radius 3 is 3.05 bits per heavy atom. The summed E-state index contributed by atoms with van der Waals surface area (Å²) in [5, 5.41) is 11.1. The Labute approximate surface area is 117 Å². The van der Waals surface area contributed by atoms with Gasteiger partial charge in [0, 0.05) is 19.2 Å². The maximum Gasteiger partial charge on any atom is 0.240 e. The van der Waals surface area contributed by atoms with Gasteiger partial charge in [0.25, 0.3) is 0 Å². The molecule has 0 aliphatic heterocycles. The Kier molecular flexibility index (Phi) is 3.17. The third-order valence-electron chi connectivity index (χ3n) is 3.93. The summed E-state index contributed by atoms with van der Waals surface area (Å²) >= 11 is 0. The molecular weight excluding hydrogens is 254 g/mol. The molecule has 2 heterocycles. The van der Waals surface area contributed by atoms with Crippen molar-refractivity contribution in [2.24, 2.45) is 11.7 Å². The van der Waals surface area contributed by atoms with E-state index in [1.807, 2.05) is 35.7 Å². The average Bonchev–Trinajstić information content (AvgIpc) is 3.22. The summed E-state index contributed by atoms with van der Waals surface area (Å²) in [5.41, 5.74) is 6.14. The first kappa shape index (κ1) is 13.1. The van der Waals surface area contributed by atoms with E-state index in [4.69, 9.17) is 5.73 Å². The van der Waals surface area contributed by atoms with Crippen molar-refractivity contribution in [2.45, 2.75) is 31.7 Å². The lowest BCUT2D eigenvalue weighted by atomic mass is 9.96. The van der Waals surface area contributed by atoms with Crippen molar-refractivity contribution in [3.8, 4) is 0 Å². The van der Waals surface area contributed by atoms with Crippen molar-refractivity contribution in [3.05, 3.63) is 30.2 Å². The largest absolute Gasteiger partial charge is 0.354 e. The molecule has 0 aromatic carbocycles. The molecule has 1 atom stereocenters. The number of nitrogens with one attached hydrogen (secondary N) is 1. The molecule has 106 valence electrons. The highest BCUT2D eigenvalue weighted by Gasteiger charge is 2.43. The van der Waals surface area contributed by atoms with Crippen LogP contribution in [0.3, 0.4) is 0 Å². The molecule has 0 saturated heterocycles. The second-order valence-corrected chi connectivity index (χ2v) is 5.61. The van der Waals surface area contributed by atoms with Crippen molar-refractivity contribution < 1.29 is 4.79 Å². The molecule has 0 radical (unpaired) electrons. The molecule has 1 aliphatic carbocycles. The molecule has 1 saturated carbocycles. The van der Waals surface area contributed by atoms with Crippen LogP contribution in [0.15, 0.2) is 24.4 Å². The van der Waals surface area contributed by atoms with Gasteiger partial charge in [0.2, 0.25) is 5.91 Å². The number of nitrogens with two attached hydrogens (primary N) is 1. The lowest BCUT2D eigenvalue weighted by Crippen LogP contribution is -2.53. The molecule has 3 N–H and O–H groups in total. The van der Waals surface area contributed by atoms with E-state index in [2.05, 4.69) is 15.5 Å². The van der Waals surface area contributed by atoms with Crippen LogP contribution in [0.1, 0.15) is 25.6 Å². The van der Waals surface area contributed by atoms with Crippen LogP contribution in [0, 0.1) is 5.92 Å². The number of pyridine rings is 1. The van der Waals surface area contributed by atoms with Crippen molar-refractivity contribution in [2.75, 3.05) is 6.54 Å². The fourth-order valence-electron chi connectivity index (χ4n) is 2.41. The molecule has 0 spiro atoms. The van der Waals surface area contributed by atoms with Gasteiger partial charge in [0.1, 0.15) is 5.82 Å². The number of nitrogens with zero attached hydrogens (tertiary/aromatic N) is 3. The van der Waals surface area contributed by atoms with E-state index >= 15 is 0 Å². The van der Waals surface area contributed by atoms with Gasteiger partial charge in [-0.3, -0.25) is 9.20 Å². The molecule has 1 amide bonds. The first-order valence-corrected chi connectivity index (χ1v) is 6.95. The summed E-state index contributed by atoms with van der Waals surface area (Å²) in [4.78, 5) is 12.1. The predicted molar refractivity (Wildman–Crippen MR) is 75.0 cm³/mol. The number of amides is 1. The molecule has 6 nitrogen and oxygen atoms in total. The average molecular weight is 273 g/mol. The summed E-state index contributed by atoms with van der Waals surface area (Å²) in [6, 6.07) is 5.76. The lowest BCUT2D eigenvalue weighted by molar-refractivity contribution is -0.126. The Morgan fingerprint density at radius 2 is 2.30 bits per heavy atom. The molecular formula is C14H19N5O. The standard InChI is InChI=1S/C14H19N5O/c1-14(15,10-5-6-10)13(20)16-8-7-12-18-17-11-4-2-3-9-19(11)12/h2-4,9-10H,5-8,15H2,1H3,(H,16,20). The fraction of sp³-hybridized carbons (Fsp3) is 0.500. The van der Waals surface area contributed by atoms with Crippen molar-refractivity contribution in [1.29, 1.82) is 0 Å². The van der Waals surface area contributed by atoms with Gasteiger partial charge in [-0.2, -0.15) is 0 Å². The van der Waals surface area contributed by atoms with Gasteiger partial charge < -0.3 is 11.1 Å². The fourth-order valence-corrected chi connectivity index (χ4v) is 2.41. The topological polar surface area (TPSA) is 85.3 Å². The van der Waals surface area contributed by atoms with Gasteiger partial charge in [0.05, 0.1) is 5.54 Å². The van der Waals surface area contributed by atoms with Crippen LogP contribution < -0.4 is 11.1 Å². The van der Waals surface area contributed by atoms with Crippen molar-refractivity contribution in [3.63, 3.8) is 0 Å². The highest BCUT2D eigenvalue weighted by molar-refractivity contribution is 5.86. The minimum absolute atomic E-state index is 0.0752. The third-order valence-corrected chi connectivity index (χ3v) is 3.93. The third kappa shape index (κ3) is 2.38. The summed E-state index contributed by atoms with van der Waals surface area (Å²) < 4.78 is 1.93. The maximum atomic E-state index is 12.1. The number of carbonyl (C=O) groups excluding carboxylic acids is 1. The molecule has 0 bridgehead atoms. The zero-order valence-electron chi connectivity index (χ0n) is 11.5. The molecule has 2 aromatic heterocycles. The van der Waals surface area contributed by atoms with Gasteiger partial charge in [-0.1, -0.05) is 6.07 Å². The van der Waals surface area contributed by atoms with Crippen LogP contribution in [-0.4, -0.2) is 32.6 Å². The second-order valence-electron chi connectivity index (χ2n) is 5.61. The Bertz CT molecular complexity index is 629. The van der Waals surface area contributed by atoms with E-state index in [1.54, 1.807) is 0 Å². The number of aromatic nitrogens is 3. The summed E-state index contributed by atoms with van der Waals surface area (Å²) in [6.07, 6.45) is 4.66. The Hall–Kier alpha value is -1.95. The first-order chi connectivity index (χ1) is 9.59. The summed E-state index contributed by atoms with van der Waals surface area (Å²) in [5.74, 6) is 1.09. The van der Waals surface area contributed by atoms with Gasteiger partial charge in [-0.05, 0) is 37.8 Å². The molecule has 6 heteroatoms. The number of fused-ring (bicyclic) bond motifs is 1. The van der Waals surface area contributed by atoms with Gasteiger partial charge in [-0.15, -0.1) is 10.2 Å². The number of hydrogen-bond donors (Lipinski definition) is 2. The van der Waals surface area contributed by atoms with Crippen LogP contribution in [0.2, 0.25) is 0 Å². The summed E-state index contributed by atoms with van der Waals surface area (Å²) in [7, 11) is 0. The van der Waals surface area contributed by atoms with E-state index in [1.165, 1.54) is 0 Å². The smallest absolute Gasteiger partial charge is 0.240 e. The van der Waals surface area contributed by atoms with E-state index in [9.17, 15) is 4.79 Å². The molecule has 3 rings (SSSR count). The van der Waals surface area contributed by atoms with E-state index < -0.39 is 5.54 Å². The minimum atomic E-state index is -0.743. The minimum Gasteiger partial charge on any atom is -0.354 e. The highest BCUT2D eigenvalue weighted by Crippen LogP contribution is 2.38. The molecule has 1 aliphatic rings. The van der Waals surface area contributed by atoms with E-state index in [-0.39, 0.29) is 5.91 Å². The predicted octanol–water partition coefficient (Wildman–Crippen LogP) is 0.515. The van der Waals surface area contributed by atoms with Crippen molar-refractivity contribution >= 4 is 11.6 Å².